The van der Waals surface area contributed by atoms with Gasteiger partial charge in [0.1, 0.15) is 5.60 Å². The summed E-state index contributed by atoms with van der Waals surface area (Å²) in [7, 11) is 0. The maximum atomic E-state index is 12.0. The number of aliphatic hydroxyl groups excluding tert-OH is 1. The van der Waals surface area contributed by atoms with Crippen molar-refractivity contribution in [3.63, 3.8) is 0 Å². The van der Waals surface area contributed by atoms with Crippen LogP contribution in [-0.2, 0) is 4.74 Å². The second-order valence-corrected chi connectivity index (χ2v) is 7.88. The van der Waals surface area contributed by atoms with E-state index in [9.17, 15) is 9.90 Å². The van der Waals surface area contributed by atoms with Gasteiger partial charge in [-0.1, -0.05) is 30.3 Å². The van der Waals surface area contributed by atoms with Crippen LogP contribution in [0.1, 0.15) is 45.3 Å². The van der Waals surface area contributed by atoms with E-state index in [1.165, 1.54) is 0 Å². The lowest BCUT2D eigenvalue weighted by molar-refractivity contribution is 0.0263. The third-order valence-electron chi connectivity index (χ3n) is 4.98. The third-order valence-corrected chi connectivity index (χ3v) is 4.98. The first-order chi connectivity index (χ1) is 10.8. The maximum Gasteiger partial charge on any atom is 0.410 e. The Bertz CT molecular complexity index is 539. The van der Waals surface area contributed by atoms with Gasteiger partial charge in [0.15, 0.2) is 0 Å². The number of carbonyl (C=O) groups is 1. The molecular weight excluding hydrogens is 290 g/mol. The van der Waals surface area contributed by atoms with Gasteiger partial charge in [-0.3, -0.25) is 0 Å². The van der Waals surface area contributed by atoms with E-state index in [4.69, 9.17) is 4.74 Å². The first-order valence-electron chi connectivity index (χ1n) is 8.56. The molecule has 0 aromatic heterocycles. The number of aliphatic hydroxyl groups is 1. The second kappa shape index (κ2) is 6.16. The monoisotopic (exact) mass is 317 g/mol. The SMILES string of the molecule is CC(C)(C)OC(=O)N1CC2C(CCC(O)c3ccccc3)C2C1. The van der Waals surface area contributed by atoms with Gasteiger partial charge in [0.05, 0.1) is 6.10 Å². The summed E-state index contributed by atoms with van der Waals surface area (Å²) in [4.78, 5) is 13.9. The highest BCUT2D eigenvalue weighted by Crippen LogP contribution is 2.54. The molecule has 0 spiro atoms. The lowest BCUT2D eigenvalue weighted by Crippen LogP contribution is -2.37. The normalized spacial score (nSPS) is 27.5. The summed E-state index contributed by atoms with van der Waals surface area (Å²) in [5, 5.41) is 10.2. The van der Waals surface area contributed by atoms with Crippen molar-refractivity contribution >= 4 is 6.09 Å². The molecule has 1 aromatic carbocycles. The first kappa shape index (κ1) is 16.3. The van der Waals surface area contributed by atoms with Gasteiger partial charge in [-0.2, -0.15) is 0 Å². The first-order valence-corrected chi connectivity index (χ1v) is 8.56. The van der Waals surface area contributed by atoms with Gasteiger partial charge in [0.2, 0.25) is 0 Å². The van der Waals surface area contributed by atoms with Crippen LogP contribution in [0.5, 0.6) is 0 Å². The summed E-state index contributed by atoms with van der Waals surface area (Å²) in [6.45, 7) is 7.32. The number of hydrogen-bond donors (Lipinski definition) is 1. The van der Waals surface area contributed by atoms with Gasteiger partial charge in [-0.25, -0.2) is 4.79 Å². The zero-order chi connectivity index (χ0) is 16.6. The van der Waals surface area contributed by atoms with E-state index in [-0.39, 0.29) is 12.2 Å². The molecular formula is C19H27NO3. The Morgan fingerprint density at radius 1 is 1.26 bits per heavy atom. The average molecular weight is 317 g/mol. The van der Waals surface area contributed by atoms with Crippen molar-refractivity contribution < 1.29 is 14.6 Å². The number of carbonyl (C=O) groups excluding carboxylic acids is 1. The molecule has 3 unspecified atom stereocenters. The Hall–Kier alpha value is -1.55. The molecule has 4 heteroatoms. The maximum absolute atomic E-state index is 12.0. The van der Waals surface area contributed by atoms with Crippen molar-refractivity contribution in [2.45, 2.75) is 45.3 Å². The molecule has 2 aliphatic rings. The van der Waals surface area contributed by atoms with Crippen LogP contribution in [0.25, 0.3) is 0 Å². The number of benzene rings is 1. The Morgan fingerprint density at radius 2 is 1.87 bits per heavy atom. The summed E-state index contributed by atoms with van der Waals surface area (Å²) in [6, 6.07) is 9.84. The fourth-order valence-corrected chi connectivity index (χ4v) is 3.75. The zero-order valence-corrected chi connectivity index (χ0v) is 14.2. The molecule has 4 nitrogen and oxygen atoms in total. The number of ether oxygens (including phenoxy) is 1. The summed E-state index contributed by atoms with van der Waals surface area (Å²) in [5.74, 6) is 1.86. The molecule has 2 fully saturated rings. The second-order valence-electron chi connectivity index (χ2n) is 7.88. The lowest BCUT2D eigenvalue weighted by atomic mass is 10.0. The van der Waals surface area contributed by atoms with Crippen LogP contribution in [-0.4, -0.2) is 34.8 Å². The zero-order valence-electron chi connectivity index (χ0n) is 14.2. The van der Waals surface area contributed by atoms with Crippen LogP contribution < -0.4 is 0 Å². The van der Waals surface area contributed by atoms with Gasteiger partial charge in [0.25, 0.3) is 0 Å². The minimum Gasteiger partial charge on any atom is -0.444 e. The highest BCUT2D eigenvalue weighted by atomic mass is 16.6. The molecule has 1 saturated heterocycles. The highest BCUT2D eigenvalue weighted by Gasteiger charge is 2.56. The van der Waals surface area contributed by atoms with E-state index < -0.39 is 5.60 Å². The molecule has 1 aliphatic heterocycles. The molecule has 0 bridgehead atoms. The topological polar surface area (TPSA) is 49.8 Å². The fraction of sp³-hybridized carbons (Fsp3) is 0.632. The molecule has 1 N–H and O–H groups in total. The van der Waals surface area contributed by atoms with Crippen LogP contribution in [0.4, 0.5) is 4.79 Å². The molecule has 1 aliphatic carbocycles. The van der Waals surface area contributed by atoms with E-state index in [0.29, 0.717) is 17.8 Å². The van der Waals surface area contributed by atoms with Gasteiger partial charge < -0.3 is 14.7 Å². The highest BCUT2D eigenvalue weighted by molar-refractivity contribution is 5.68. The van der Waals surface area contributed by atoms with Crippen molar-refractivity contribution in [3.05, 3.63) is 35.9 Å². The molecule has 23 heavy (non-hydrogen) atoms. The Labute approximate surface area is 138 Å². The molecule has 1 heterocycles. The fourth-order valence-electron chi connectivity index (χ4n) is 3.75. The molecule has 0 radical (unpaired) electrons. The predicted molar refractivity (Wildman–Crippen MR) is 88.9 cm³/mol. The number of likely N-dealkylation sites (tertiary alicyclic amines) is 1. The van der Waals surface area contributed by atoms with Crippen LogP contribution in [0.15, 0.2) is 30.3 Å². The third kappa shape index (κ3) is 3.86. The number of nitrogens with zero attached hydrogens (tertiary/aromatic N) is 1. The minimum absolute atomic E-state index is 0.187. The molecule has 1 saturated carbocycles. The number of fused-ring (bicyclic) bond motifs is 1. The Kier molecular flexibility index (Phi) is 4.37. The summed E-state index contributed by atoms with van der Waals surface area (Å²) in [6.07, 6.45) is 1.27. The molecule has 126 valence electrons. The van der Waals surface area contributed by atoms with E-state index in [2.05, 4.69) is 0 Å². The van der Waals surface area contributed by atoms with Gasteiger partial charge in [0, 0.05) is 13.1 Å². The summed E-state index contributed by atoms with van der Waals surface area (Å²) < 4.78 is 5.43. The van der Waals surface area contributed by atoms with Crippen molar-refractivity contribution in [1.29, 1.82) is 0 Å². The van der Waals surface area contributed by atoms with Gasteiger partial charge >= 0.3 is 6.09 Å². The lowest BCUT2D eigenvalue weighted by Gasteiger charge is -2.26. The van der Waals surface area contributed by atoms with Crippen molar-refractivity contribution in [2.24, 2.45) is 17.8 Å². The van der Waals surface area contributed by atoms with Crippen LogP contribution in [0.3, 0.4) is 0 Å². The quantitative estimate of drug-likeness (QED) is 0.923. The molecule has 3 atom stereocenters. The van der Waals surface area contributed by atoms with E-state index in [1.54, 1.807) is 0 Å². The average Bonchev–Trinajstić information content (AvgIpc) is 2.93. The van der Waals surface area contributed by atoms with Gasteiger partial charge in [-0.15, -0.1) is 0 Å². The summed E-state index contributed by atoms with van der Waals surface area (Å²) >= 11 is 0. The summed E-state index contributed by atoms with van der Waals surface area (Å²) in [5.41, 5.74) is 0.567. The van der Waals surface area contributed by atoms with E-state index >= 15 is 0 Å². The van der Waals surface area contributed by atoms with Crippen molar-refractivity contribution in [3.8, 4) is 0 Å². The van der Waals surface area contributed by atoms with Crippen LogP contribution in [0.2, 0.25) is 0 Å². The largest absolute Gasteiger partial charge is 0.444 e. The standard InChI is InChI=1S/C19H27NO3/c1-19(2,3)23-18(22)20-11-15-14(16(15)12-20)9-10-17(21)13-7-5-4-6-8-13/h4-8,14-17,21H,9-12H2,1-3H3. The van der Waals surface area contributed by atoms with E-state index in [1.807, 2.05) is 56.0 Å². The predicted octanol–water partition coefficient (Wildman–Crippen LogP) is 3.61. The van der Waals surface area contributed by atoms with Crippen molar-refractivity contribution in [1.82, 2.24) is 4.90 Å². The number of rotatable bonds is 4. The van der Waals surface area contributed by atoms with Gasteiger partial charge in [-0.05, 0) is 56.9 Å². The van der Waals surface area contributed by atoms with Crippen LogP contribution in [0, 0.1) is 17.8 Å². The van der Waals surface area contributed by atoms with Crippen molar-refractivity contribution in [2.75, 3.05) is 13.1 Å². The molecule has 1 aromatic rings. The number of piperidine rings is 1. The van der Waals surface area contributed by atoms with E-state index in [0.717, 1.165) is 31.5 Å². The Balaban J connectivity index is 1.41. The number of amides is 1. The molecule has 1 amide bonds. The number of hydrogen-bond acceptors (Lipinski definition) is 3. The molecule has 3 rings (SSSR count). The smallest absolute Gasteiger partial charge is 0.410 e. The Morgan fingerprint density at radius 3 is 2.43 bits per heavy atom. The minimum atomic E-state index is -0.428. The van der Waals surface area contributed by atoms with Crippen LogP contribution >= 0.6 is 0 Å².